The van der Waals surface area contributed by atoms with Crippen molar-refractivity contribution < 1.29 is 13.7 Å². The molecule has 0 aliphatic carbocycles. The van der Waals surface area contributed by atoms with Crippen molar-refractivity contribution in [3.05, 3.63) is 84.4 Å². The highest BCUT2D eigenvalue weighted by molar-refractivity contribution is 7.84. The van der Waals surface area contributed by atoms with Crippen LogP contribution in [0, 0.1) is 0 Å². The van der Waals surface area contributed by atoms with Gasteiger partial charge in [-0.1, -0.05) is 60.7 Å². The van der Waals surface area contributed by atoms with Gasteiger partial charge < -0.3 is 10.5 Å². The van der Waals surface area contributed by atoms with E-state index >= 15 is 0 Å². The summed E-state index contributed by atoms with van der Waals surface area (Å²) in [6.45, 7) is 0. The maximum Gasteiger partial charge on any atom is 0.230 e. The van der Waals surface area contributed by atoms with E-state index in [4.69, 9.17) is 10.5 Å². The standard InChI is InChI=1S/C21H19NO3S/c22-21(23)15-26(24)14-16-10-12-18(13-11-16)25-20-9-5-4-8-19(20)17-6-2-1-3-7-17/h1-13H,14-15H2,(H2,22,23). The fourth-order valence-corrected chi connectivity index (χ4v) is 3.57. The summed E-state index contributed by atoms with van der Waals surface area (Å²) in [5.41, 5.74) is 8.03. The molecule has 0 fully saturated rings. The largest absolute Gasteiger partial charge is 0.457 e. The van der Waals surface area contributed by atoms with E-state index in [1.165, 1.54) is 0 Å². The van der Waals surface area contributed by atoms with Crippen LogP contribution in [-0.4, -0.2) is 15.9 Å². The van der Waals surface area contributed by atoms with Gasteiger partial charge in [-0.2, -0.15) is 0 Å². The van der Waals surface area contributed by atoms with Crippen LogP contribution >= 0.6 is 0 Å². The maximum atomic E-state index is 11.8. The normalized spacial score (nSPS) is 11.7. The first-order chi connectivity index (χ1) is 12.6. The Morgan fingerprint density at radius 2 is 1.54 bits per heavy atom. The fraction of sp³-hybridized carbons (Fsp3) is 0.0952. The van der Waals surface area contributed by atoms with Gasteiger partial charge >= 0.3 is 0 Å². The lowest BCUT2D eigenvalue weighted by Gasteiger charge is -2.12. The number of primary amides is 1. The fourth-order valence-electron chi connectivity index (χ4n) is 2.59. The molecule has 1 atom stereocenters. The molecule has 3 rings (SSSR count). The average molecular weight is 365 g/mol. The van der Waals surface area contributed by atoms with Gasteiger partial charge in [0.05, 0.1) is 0 Å². The van der Waals surface area contributed by atoms with Crippen molar-refractivity contribution in [2.45, 2.75) is 5.75 Å². The monoisotopic (exact) mass is 365 g/mol. The molecular weight excluding hydrogens is 346 g/mol. The molecule has 0 aromatic heterocycles. The van der Waals surface area contributed by atoms with Crippen LogP contribution in [0.2, 0.25) is 0 Å². The van der Waals surface area contributed by atoms with Crippen molar-refractivity contribution in [3.8, 4) is 22.6 Å². The summed E-state index contributed by atoms with van der Waals surface area (Å²) in [6, 6.07) is 25.3. The number of carbonyl (C=O) groups is 1. The lowest BCUT2D eigenvalue weighted by molar-refractivity contribution is -0.115. The third-order valence-electron chi connectivity index (χ3n) is 3.75. The molecule has 0 aliphatic rings. The Bertz CT molecular complexity index is 908. The Kier molecular flexibility index (Phi) is 5.81. The van der Waals surface area contributed by atoms with E-state index in [0.717, 1.165) is 22.4 Å². The van der Waals surface area contributed by atoms with E-state index in [9.17, 15) is 9.00 Å². The van der Waals surface area contributed by atoms with Crippen molar-refractivity contribution in [1.29, 1.82) is 0 Å². The molecule has 1 amide bonds. The van der Waals surface area contributed by atoms with Crippen LogP contribution in [0.3, 0.4) is 0 Å². The van der Waals surface area contributed by atoms with E-state index in [-0.39, 0.29) is 5.75 Å². The zero-order valence-electron chi connectivity index (χ0n) is 14.1. The van der Waals surface area contributed by atoms with Gasteiger partial charge in [0.1, 0.15) is 17.3 Å². The number of para-hydroxylation sites is 1. The number of hydrogen-bond acceptors (Lipinski definition) is 3. The first-order valence-electron chi connectivity index (χ1n) is 8.16. The van der Waals surface area contributed by atoms with Gasteiger partial charge in [-0.25, -0.2) is 0 Å². The number of benzene rings is 3. The Labute approximate surface area is 155 Å². The highest BCUT2D eigenvalue weighted by Crippen LogP contribution is 2.33. The first-order valence-corrected chi connectivity index (χ1v) is 9.65. The maximum absolute atomic E-state index is 11.8. The minimum absolute atomic E-state index is 0.122. The summed E-state index contributed by atoms with van der Waals surface area (Å²) in [4.78, 5) is 10.8. The van der Waals surface area contributed by atoms with Gasteiger partial charge in [0.2, 0.25) is 5.91 Å². The molecule has 132 valence electrons. The van der Waals surface area contributed by atoms with Crippen LogP contribution in [0.5, 0.6) is 11.5 Å². The lowest BCUT2D eigenvalue weighted by Crippen LogP contribution is -2.20. The van der Waals surface area contributed by atoms with Crippen molar-refractivity contribution in [3.63, 3.8) is 0 Å². The third kappa shape index (κ3) is 4.80. The Morgan fingerprint density at radius 1 is 0.885 bits per heavy atom. The molecule has 0 aliphatic heterocycles. The van der Waals surface area contributed by atoms with E-state index in [0.29, 0.717) is 11.5 Å². The Balaban J connectivity index is 1.74. The molecule has 3 aromatic carbocycles. The van der Waals surface area contributed by atoms with Gasteiger partial charge in [0.25, 0.3) is 0 Å². The van der Waals surface area contributed by atoms with Crippen LogP contribution in [-0.2, 0) is 21.3 Å². The molecule has 0 saturated carbocycles. The zero-order chi connectivity index (χ0) is 18.4. The predicted molar refractivity (Wildman–Crippen MR) is 104 cm³/mol. The van der Waals surface area contributed by atoms with Crippen LogP contribution in [0.1, 0.15) is 5.56 Å². The smallest absolute Gasteiger partial charge is 0.230 e. The van der Waals surface area contributed by atoms with Crippen LogP contribution < -0.4 is 10.5 Å². The van der Waals surface area contributed by atoms with Crippen molar-refractivity contribution in [1.82, 2.24) is 0 Å². The molecule has 1 unspecified atom stereocenters. The second kappa shape index (κ2) is 8.45. The van der Waals surface area contributed by atoms with Crippen LogP contribution in [0.4, 0.5) is 0 Å². The number of hydrogen-bond donors (Lipinski definition) is 1. The molecule has 26 heavy (non-hydrogen) atoms. The Hall–Kier alpha value is -2.92. The SMILES string of the molecule is NC(=O)CS(=O)Cc1ccc(Oc2ccccc2-c2ccccc2)cc1. The van der Waals surface area contributed by atoms with Crippen molar-refractivity contribution in [2.24, 2.45) is 5.73 Å². The quantitative estimate of drug-likeness (QED) is 0.691. The topological polar surface area (TPSA) is 69.4 Å². The minimum Gasteiger partial charge on any atom is -0.457 e. The average Bonchev–Trinajstić information content (AvgIpc) is 2.64. The molecule has 0 saturated heterocycles. The van der Waals surface area contributed by atoms with Gasteiger partial charge in [-0.3, -0.25) is 9.00 Å². The summed E-state index contributed by atoms with van der Waals surface area (Å²) < 4.78 is 17.8. The lowest BCUT2D eigenvalue weighted by atomic mass is 10.0. The number of rotatable bonds is 7. The highest BCUT2D eigenvalue weighted by atomic mass is 32.2. The molecular formula is C21H19NO3S. The highest BCUT2D eigenvalue weighted by Gasteiger charge is 2.08. The van der Waals surface area contributed by atoms with Gasteiger partial charge in [0, 0.05) is 22.1 Å². The molecule has 0 heterocycles. The molecule has 0 radical (unpaired) electrons. The van der Waals surface area contributed by atoms with Gasteiger partial charge in [-0.15, -0.1) is 0 Å². The first kappa shape index (κ1) is 17.9. The number of carbonyl (C=O) groups excluding carboxylic acids is 1. The summed E-state index contributed by atoms with van der Waals surface area (Å²) >= 11 is 0. The van der Waals surface area contributed by atoms with E-state index in [1.54, 1.807) is 0 Å². The summed E-state index contributed by atoms with van der Waals surface area (Å²) in [5.74, 6) is 1.08. The molecule has 5 heteroatoms. The van der Waals surface area contributed by atoms with Crippen LogP contribution in [0.15, 0.2) is 78.9 Å². The number of amides is 1. The second-order valence-electron chi connectivity index (χ2n) is 5.80. The van der Waals surface area contributed by atoms with E-state index < -0.39 is 16.7 Å². The molecule has 4 nitrogen and oxygen atoms in total. The zero-order valence-corrected chi connectivity index (χ0v) is 14.9. The number of ether oxygens (including phenoxy) is 1. The van der Waals surface area contributed by atoms with Crippen molar-refractivity contribution >= 4 is 16.7 Å². The molecule has 0 bridgehead atoms. The third-order valence-corrected chi connectivity index (χ3v) is 5.02. The molecule has 2 N–H and O–H groups in total. The summed E-state index contributed by atoms with van der Waals surface area (Å²) in [7, 11) is -1.29. The van der Waals surface area contributed by atoms with Gasteiger partial charge in [0.15, 0.2) is 0 Å². The van der Waals surface area contributed by atoms with E-state index in [1.807, 2.05) is 78.9 Å². The van der Waals surface area contributed by atoms with Crippen LogP contribution in [0.25, 0.3) is 11.1 Å². The molecule has 0 spiro atoms. The van der Waals surface area contributed by atoms with E-state index in [2.05, 4.69) is 0 Å². The Morgan fingerprint density at radius 3 is 2.23 bits per heavy atom. The van der Waals surface area contributed by atoms with Gasteiger partial charge in [-0.05, 0) is 29.3 Å². The number of nitrogens with two attached hydrogens (primary N) is 1. The predicted octanol–water partition coefficient (Wildman–Crippen LogP) is 3.88. The molecule has 3 aromatic rings. The summed E-state index contributed by atoms with van der Waals surface area (Å²) in [6.07, 6.45) is 0. The minimum atomic E-state index is -1.29. The summed E-state index contributed by atoms with van der Waals surface area (Å²) in [5, 5.41) is 0. The second-order valence-corrected chi connectivity index (χ2v) is 7.26. The van der Waals surface area contributed by atoms with Crippen molar-refractivity contribution in [2.75, 3.05) is 5.75 Å².